The highest BCUT2D eigenvalue weighted by Gasteiger charge is 2.60. The summed E-state index contributed by atoms with van der Waals surface area (Å²) in [6, 6.07) is 0. The molecule has 260 valence electrons. The van der Waals surface area contributed by atoms with Crippen molar-refractivity contribution in [3.8, 4) is 0 Å². The Morgan fingerprint density at radius 3 is 2.33 bits per heavy atom. The highest BCUT2D eigenvalue weighted by Crippen LogP contribution is 2.67. The molecule has 9 atom stereocenters. The van der Waals surface area contributed by atoms with Gasteiger partial charge < -0.3 is 28.4 Å². The fourth-order valence-electron chi connectivity index (χ4n) is 9.63. The molecule has 0 aromatic rings. The summed E-state index contributed by atoms with van der Waals surface area (Å²) in [5.74, 6) is 1.96. The lowest BCUT2D eigenvalue weighted by Crippen LogP contribution is -2.54. The molecule has 4 aliphatic carbocycles. The number of carbonyl (C=O) groups is 3. The number of methoxy groups -OCH3 is 3. The second kappa shape index (κ2) is 14.8. The lowest BCUT2D eigenvalue weighted by atomic mass is 9.49. The number of fused-ring (bicyclic) bond motifs is 5. The van der Waals surface area contributed by atoms with E-state index in [-0.39, 0.29) is 23.9 Å². The number of unbranched alkanes of at least 4 members (excludes halogenated alkanes) is 1. The van der Waals surface area contributed by atoms with Crippen LogP contribution >= 0.6 is 0 Å². The summed E-state index contributed by atoms with van der Waals surface area (Å²) in [4.78, 5) is 38.0. The van der Waals surface area contributed by atoms with Gasteiger partial charge in [-0.2, -0.15) is 0 Å². The van der Waals surface area contributed by atoms with Gasteiger partial charge in [-0.25, -0.2) is 9.59 Å². The highest BCUT2D eigenvalue weighted by molar-refractivity contribution is 5.86. The topological polar surface area (TPSA) is 107 Å². The van der Waals surface area contributed by atoms with E-state index in [2.05, 4.69) is 39.8 Å². The third kappa shape index (κ3) is 7.06. The molecule has 9 heteroatoms. The molecule has 0 spiro atoms. The Morgan fingerprint density at radius 2 is 1.67 bits per heavy atom. The maximum atomic E-state index is 13.5. The van der Waals surface area contributed by atoms with E-state index in [1.54, 1.807) is 7.11 Å². The van der Waals surface area contributed by atoms with Crippen LogP contribution in [0, 0.1) is 40.4 Å². The zero-order valence-electron chi connectivity index (χ0n) is 29.6. The van der Waals surface area contributed by atoms with Crippen LogP contribution in [0.25, 0.3) is 0 Å². The molecule has 0 aromatic carbocycles. The molecule has 0 aromatic heterocycles. The van der Waals surface area contributed by atoms with Crippen molar-refractivity contribution >= 4 is 18.1 Å². The van der Waals surface area contributed by atoms with Crippen LogP contribution in [0.15, 0.2) is 23.3 Å². The normalized spacial score (nSPS) is 33.3. The molecule has 0 bridgehead atoms. The van der Waals surface area contributed by atoms with Crippen LogP contribution in [0.1, 0.15) is 106 Å². The van der Waals surface area contributed by atoms with E-state index in [1.165, 1.54) is 19.8 Å². The van der Waals surface area contributed by atoms with Gasteiger partial charge in [0.25, 0.3) is 0 Å². The summed E-state index contributed by atoms with van der Waals surface area (Å²) in [6.07, 6.45) is 11.1. The van der Waals surface area contributed by atoms with E-state index in [0.29, 0.717) is 42.9 Å². The summed E-state index contributed by atoms with van der Waals surface area (Å²) in [5.41, 5.74) is 1.40. The first kappa shape index (κ1) is 36.4. The predicted molar refractivity (Wildman–Crippen MR) is 174 cm³/mol. The molecule has 0 saturated heterocycles. The van der Waals surface area contributed by atoms with E-state index in [4.69, 9.17) is 28.4 Å². The van der Waals surface area contributed by atoms with Crippen molar-refractivity contribution < 1.29 is 42.8 Å². The second-order valence-corrected chi connectivity index (χ2v) is 15.1. The van der Waals surface area contributed by atoms with E-state index in [9.17, 15) is 14.4 Å². The Hall–Kier alpha value is -2.39. The van der Waals surface area contributed by atoms with Crippen LogP contribution in [-0.2, 0) is 33.2 Å². The molecule has 0 amide bonds. The molecule has 3 fully saturated rings. The molecule has 3 saturated carbocycles. The summed E-state index contributed by atoms with van der Waals surface area (Å²) in [6.45, 7) is 13.1. The first-order valence-electron chi connectivity index (χ1n) is 17.3. The van der Waals surface area contributed by atoms with Crippen LogP contribution in [0.3, 0.4) is 0 Å². The Bertz CT molecular complexity index is 1170. The maximum absolute atomic E-state index is 13.5. The summed E-state index contributed by atoms with van der Waals surface area (Å²) < 4.78 is 32.1. The number of carbonyl (C=O) groups excluding carboxylic acids is 3. The van der Waals surface area contributed by atoms with Crippen LogP contribution in [0.4, 0.5) is 9.59 Å². The molecular formula is C37H58O9. The molecule has 4 aliphatic rings. The minimum absolute atomic E-state index is 0.103. The molecule has 0 aliphatic heterocycles. The summed E-state index contributed by atoms with van der Waals surface area (Å²) in [5, 5.41) is 0. The van der Waals surface area contributed by atoms with Gasteiger partial charge in [-0.05, 0) is 81.0 Å². The molecule has 9 nitrogen and oxygen atoms in total. The Kier molecular flexibility index (Phi) is 11.7. The number of hydrogen-bond acceptors (Lipinski definition) is 9. The van der Waals surface area contributed by atoms with Gasteiger partial charge in [0.05, 0.1) is 14.2 Å². The fraction of sp³-hybridized carbons (Fsp3) is 0.811. The molecular weight excluding hydrogens is 588 g/mol. The molecule has 46 heavy (non-hydrogen) atoms. The highest BCUT2D eigenvalue weighted by atomic mass is 16.7. The first-order valence-corrected chi connectivity index (χ1v) is 17.3. The summed E-state index contributed by atoms with van der Waals surface area (Å²) in [7, 11) is 4.19. The SMILES string of the molecule is CCCC[C@H](CC(=O)C(C)(C)OCOC)[C@H](C)[C@H]1CC[C@H]2C3=CC=C4C[C@@H](OC(=O)OC)C[C@H](OC(=O)OC)[C@]4(C)[C@H]3CC[C@]12C. The Balaban J connectivity index is 1.60. The van der Waals surface area contributed by atoms with Gasteiger partial charge in [0.15, 0.2) is 5.78 Å². The van der Waals surface area contributed by atoms with Crippen LogP contribution in [0.5, 0.6) is 0 Å². The molecule has 0 unspecified atom stereocenters. The van der Waals surface area contributed by atoms with Gasteiger partial charge in [-0.15, -0.1) is 0 Å². The van der Waals surface area contributed by atoms with Gasteiger partial charge in [-0.3, -0.25) is 4.79 Å². The van der Waals surface area contributed by atoms with Crippen LogP contribution in [-0.4, -0.2) is 64.0 Å². The van der Waals surface area contributed by atoms with Gasteiger partial charge in [-0.1, -0.05) is 63.8 Å². The largest absolute Gasteiger partial charge is 0.508 e. The van der Waals surface area contributed by atoms with E-state index in [0.717, 1.165) is 50.5 Å². The monoisotopic (exact) mass is 646 g/mol. The Labute approximate surface area is 276 Å². The smallest absolute Gasteiger partial charge is 0.438 e. The average molecular weight is 647 g/mol. The molecule has 0 radical (unpaired) electrons. The van der Waals surface area contributed by atoms with Crippen molar-refractivity contribution in [2.75, 3.05) is 28.1 Å². The minimum Gasteiger partial charge on any atom is -0.438 e. The lowest BCUT2D eigenvalue weighted by Gasteiger charge is -2.57. The first-order chi connectivity index (χ1) is 21.8. The quantitative estimate of drug-likeness (QED) is 0.145. The van der Waals surface area contributed by atoms with Gasteiger partial charge in [0.2, 0.25) is 0 Å². The number of Topliss-reactive ketones (excluding diaryl/α,β-unsaturated/α-hetero) is 1. The van der Waals surface area contributed by atoms with Crippen molar-refractivity contribution in [2.24, 2.45) is 40.4 Å². The predicted octanol–water partition coefficient (Wildman–Crippen LogP) is 8.20. The molecule has 0 N–H and O–H groups in total. The zero-order chi connectivity index (χ0) is 33.9. The second-order valence-electron chi connectivity index (χ2n) is 15.1. The van der Waals surface area contributed by atoms with Crippen LogP contribution < -0.4 is 0 Å². The Morgan fingerprint density at radius 1 is 0.978 bits per heavy atom. The van der Waals surface area contributed by atoms with Gasteiger partial charge in [0.1, 0.15) is 24.6 Å². The number of rotatable bonds is 13. The zero-order valence-corrected chi connectivity index (χ0v) is 29.6. The maximum Gasteiger partial charge on any atom is 0.508 e. The van der Waals surface area contributed by atoms with Crippen molar-refractivity contribution in [2.45, 2.75) is 124 Å². The van der Waals surface area contributed by atoms with Gasteiger partial charge in [0, 0.05) is 31.8 Å². The van der Waals surface area contributed by atoms with Gasteiger partial charge >= 0.3 is 12.3 Å². The fourth-order valence-corrected chi connectivity index (χ4v) is 9.63. The summed E-state index contributed by atoms with van der Waals surface area (Å²) >= 11 is 0. The molecule has 4 rings (SSSR count). The molecule has 0 heterocycles. The van der Waals surface area contributed by atoms with Crippen molar-refractivity contribution in [1.82, 2.24) is 0 Å². The lowest BCUT2D eigenvalue weighted by molar-refractivity contribution is -0.157. The number of allylic oxidation sites excluding steroid dienone is 3. The van der Waals surface area contributed by atoms with Crippen molar-refractivity contribution in [3.05, 3.63) is 23.3 Å². The van der Waals surface area contributed by atoms with Crippen molar-refractivity contribution in [3.63, 3.8) is 0 Å². The van der Waals surface area contributed by atoms with E-state index in [1.807, 2.05) is 13.8 Å². The minimum atomic E-state index is -0.879. The standard InChI is InChI=1S/C37H58O9/c1-10-11-12-24(19-31(38)35(3,4)44-22-41-7)23(2)28-15-16-29-27-14-13-25-20-26(45-33(39)42-8)21-32(46-34(40)43-9)37(25,6)30(27)17-18-36(28,29)5/h13-14,23-24,26,28-30,32H,10-12,15-22H2,1-9H3/t23-,24+,26+,28+,29-,30-,32-,36+,37-/m0/s1. The van der Waals surface area contributed by atoms with E-state index >= 15 is 0 Å². The van der Waals surface area contributed by atoms with Crippen molar-refractivity contribution in [1.29, 1.82) is 0 Å². The third-order valence-corrected chi connectivity index (χ3v) is 12.5. The number of hydrogen-bond donors (Lipinski definition) is 0. The number of ether oxygens (including phenoxy) is 6. The average Bonchev–Trinajstić information content (AvgIpc) is 3.39. The van der Waals surface area contributed by atoms with Crippen LogP contribution in [0.2, 0.25) is 0 Å². The van der Waals surface area contributed by atoms with E-state index < -0.39 is 35.5 Å². The number of ketones is 1. The third-order valence-electron chi connectivity index (χ3n) is 12.5.